The van der Waals surface area contributed by atoms with Crippen LogP contribution in [0.4, 0.5) is 5.69 Å². The van der Waals surface area contributed by atoms with Crippen molar-refractivity contribution < 1.29 is 9.41 Å². The maximum absolute atomic E-state index is 6.11. The number of rotatable bonds is 5. The number of nitrogens with zero attached hydrogens (tertiary/aromatic N) is 1. The smallest absolute Gasteiger partial charge is 0.366 e. The van der Waals surface area contributed by atoms with Gasteiger partial charge in [-0.15, -0.1) is 0 Å². The summed E-state index contributed by atoms with van der Waals surface area (Å²) >= 11 is 0. The molecule has 3 rings (SSSR count). The van der Waals surface area contributed by atoms with Crippen LogP contribution in [-0.4, -0.2) is 13.1 Å². The fraction of sp³-hybridized carbons (Fsp3) is 0.286. The highest BCUT2D eigenvalue weighted by Crippen LogP contribution is 2.23. The first-order valence-electron chi connectivity index (χ1n) is 8.61. The number of benzene rings is 2. The van der Waals surface area contributed by atoms with Crippen LogP contribution in [0, 0.1) is 6.92 Å². The summed E-state index contributed by atoms with van der Waals surface area (Å²) in [7, 11) is 0. The van der Waals surface area contributed by atoms with Gasteiger partial charge in [0.2, 0.25) is 0 Å². The van der Waals surface area contributed by atoms with Gasteiger partial charge in [-0.25, -0.2) is 4.99 Å². The van der Waals surface area contributed by atoms with Crippen LogP contribution in [0.2, 0.25) is 0 Å². The van der Waals surface area contributed by atoms with Gasteiger partial charge in [0.1, 0.15) is 5.58 Å². The summed E-state index contributed by atoms with van der Waals surface area (Å²) < 4.78 is 6.11. The minimum absolute atomic E-state index is 0.755. The Labute approximate surface area is 143 Å². The van der Waals surface area contributed by atoms with E-state index in [2.05, 4.69) is 79.2 Å². The summed E-state index contributed by atoms with van der Waals surface area (Å²) in [6.07, 6.45) is 0. The number of hydrogen-bond acceptors (Lipinski definition) is 2. The van der Waals surface area contributed by atoms with E-state index in [0.29, 0.717) is 0 Å². The van der Waals surface area contributed by atoms with Gasteiger partial charge in [-0.2, -0.15) is 0 Å². The highest BCUT2D eigenvalue weighted by atomic mass is 16.3. The summed E-state index contributed by atoms with van der Waals surface area (Å²) in [6.45, 7) is 9.22. The molecule has 3 heteroatoms. The first-order valence-corrected chi connectivity index (χ1v) is 8.61. The Morgan fingerprint density at radius 2 is 1.71 bits per heavy atom. The lowest BCUT2D eigenvalue weighted by Gasteiger charge is -2.21. The van der Waals surface area contributed by atoms with Crippen molar-refractivity contribution in [1.82, 2.24) is 0 Å². The van der Waals surface area contributed by atoms with Crippen molar-refractivity contribution in [2.24, 2.45) is 0 Å². The molecule has 0 amide bonds. The molecular weight excluding hydrogens is 296 g/mol. The zero-order valence-electron chi connectivity index (χ0n) is 14.7. The SMILES string of the molecule is CCN(CC)c1ccc2c(C)cc(=[NH+]Cc3ccccc3)oc2c1. The molecule has 24 heavy (non-hydrogen) atoms. The van der Waals surface area contributed by atoms with Crippen molar-refractivity contribution in [3.05, 3.63) is 71.3 Å². The van der Waals surface area contributed by atoms with Crippen LogP contribution in [0.15, 0.2) is 59.0 Å². The molecule has 0 radical (unpaired) electrons. The average Bonchev–Trinajstić information content (AvgIpc) is 2.62. The third-order valence-electron chi connectivity index (χ3n) is 4.40. The minimum atomic E-state index is 0.755. The molecule has 0 aliphatic rings. The summed E-state index contributed by atoms with van der Waals surface area (Å²) in [6, 6.07) is 18.9. The van der Waals surface area contributed by atoms with Gasteiger partial charge in [0, 0.05) is 35.8 Å². The Morgan fingerprint density at radius 1 is 0.958 bits per heavy atom. The lowest BCUT2D eigenvalue weighted by molar-refractivity contribution is -0.529. The standard InChI is InChI=1S/C21H24N2O/c1-4-23(5-2)18-11-12-19-16(3)13-21(24-20(19)14-18)22-15-17-9-7-6-8-10-17/h6-14H,4-5,15H2,1-3H3/p+1. The average molecular weight is 321 g/mol. The first-order chi connectivity index (χ1) is 11.7. The van der Waals surface area contributed by atoms with Gasteiger partial charge < -0.3 is 9.32 Å². The minimum Gasteiger partial charge on any atom is -0.405 e. The van der Waals surface area contributed by atoms with Gasteiger partial charge in [0.25, 0.3) is 0 Å². The Morgan fingerprint density at radius 3 is 2.42 bits per heavy atom. The molecule has 0 spiro atoms. The summed E-state index contributed by atoms with van der Waals surface area (Å²) in [5, 5.41) is 1.16. The maximum Gasteiger partial charge on any atom is 0.366 e. The van der Waals surface area contributed by atoms with E-state index in [1.807, 2.05) is 6.07 Å². The van der Waals surface area contributed by atoms with Crippen molar-refractivity contribution in [3.63, 3.8) is 0 Å². The van der Waals surface area contributed by atoms with E-state index in [1.54, 1.807) is 0 Å². The van der Waals surface area contributed by atoms with Crippen LogP contribution in [-0.2, 0) is 6.54 Å². The zero-order chi connectivity index (χ0) is 16.9. The number of fused-ring (bicyclic) bond motifs is 1. The van der Waals surface area contributed by atoms with Crippen molar-refractivity contribution in [1.29, 1.82) is 0 Å². The molecule has 1 heterocycles. The second kappa shape index (κ2) is 7.35. The molecule has 0 atom stereocenters. The molecule has 124 valence electrons. The van der Waals surface area contributed by atoms with E-state index in [-0.39, 0.29) is 0 Å². The quantitative estimate of drug-likeness (QED) is 0.783. The van der Waals surface area contributed by atoms with Gasteiger partial charge >= 0.3 is 5.55 Å². The predicted octanol–water partition coefficient (Wildman–Crippen LogP) is 2.77. The second-order valence-corrected chi connectivity index (χ2v) is 5.99. The van der Waals surface area contributed by atoms with E-state index < -0.39 is 0 Å². The lowest BCUT2D eigenvalue weighted by atomic mass is 10.1. The van der Waals surface area contributed by atoms with E-state index in [9.17, 15) is 0 Å². The zero-order valence-corrected chi connectivity index (χ0v) is 14.7. The highest BCUT2D eigenvalue weighted by Gasteiger charge is 2.08. The molecule has 2 aromatic carbocycles. The fourth-order valence-corrected chi connectivity index (χ4v) is 3.00. The number of nitrogens with one attached hydrogen (secondary N) is 1. The molecule has 3 aromatic rings. The Kier molecular flexibility index (Phi) is 4.99. The van der Waals surface area contributed by atoms with Crippen molar-refractivity contribution in [2.45, 2.75) is 27.3 Å². The Bertz CT molecular complexity index is 877. The summed E-state index contributed by atoms with van der Waals surface area (Å²) in [5.74, 6) is 0. The molecule has 0 saturated heterocycles. The van der Waals surface area contributed by atoms with E-state index >= 15 is 0 Å². The van der Waals surface area contributed by atoms with Crippen LogP contribution >= 0.6 is 0 Å². The fourth-order valence-electron chi connectivity index (χ4n) is 3.00. The number of anilines is 1. The molecule has 0 fully saturated rings. The third-order valence-corrected chi connectivity index (χ3v) is 4.40. The van der Waals surface area contributed by atoms with Crippen molar-refractivity contribution >= 4 is 16.7 Å². The molecule has 0 bridgehead atoms. The van der Waals surface area contributed by atoms with Gasteiger partial charge in [0.15, 0.2) is 6.54 Å². The van der Waals surface area contributed by atoms with Crippen LogP contribution in [0.3, 0.4) is 0 Å². The molecule has 0 aliphatic heterocycles. The Balaban J connectivity index is 2.00. The molecule has 0 unspecified atom stereocenters. The topological polar surface area (TPSA) is 30.4 Å². The predicted molar refractivity (Wildman–Crippen MR) is 98.8 cm³/mol. The Hall–Kier alpha value is -2.55. The van der Waals surface area contributed by atoms with E-state index in [0.717, 1.165) is 36.2 Å². The molecular formula is C21H25N2O+. The van der Waals surface area contributed by atoms with E-state index in [1.165, 1.54) is 16.8 Å². The normalized spacial score (nSPS) is 11.9. The van der Waals surface area contributed by atoms with Gasteiger partial charge in [0.05, 0.1) is 6.07 Å². The monoisotopic (exact) mass is 321 g/mol. The van der Waals surface area contributed by atoms with Crippen LogP contribution in [0.1, 0.15) is 25.0 Å². The van der Waals surface area contributed by atoms with Gasteiger partial charge in [-0.3, -0.25) is 0 Å². The van der Waals surface area contributed by atoms with Crippen LogP contribution in [0.25, 0.3) is 11.0 Å². The summed E-state index contributed by atoms with van der Waals surface area (Å²) in [4.78, 5) is 5.72. The van der Waals surface area contributed by atoms with Gasteiger partial charge in [-0.05, 0) is 38.5 Å². The van der Waals surface area contributed by atoms with Crippen molar-refractivity contribution in [2.75, 3.05) is 18.0 Å². The summed E-state index contributed by atoms with van der Waals surface area (Å²) in [5.41, 5.74) is 5.40. The van der Waals surface area contributed by atoms with E-state index in [4.69, 9.17) is 4.42 Å². The maximum atomic E-state index is 6.11. The first kappa shape index (κ1) is 16.3. The lowest BCUT2D eigenvalue weighted by Crippen LogP contribution is -2.74. The number of aryl methyl sites for hydroxylation is 1. The second-order valence-electron chi connectivity index (χ2n) is 5.99. The van der Waals surface area contributed by atoms with Crippen LogP contribution < -0.4 is 15.4 Å². The number of hydrogen-bond donors (Lipinski definition) is 1. The van der Waals surface area contributed by atoms with Gasteiger partial charge in [-0.1, -0.05) is 30.3 Å². The molecule has 0 saturated carbocycles. The van der Waals surface area contributed by atoms with Crippen LogP contribution in [0.5, 0.6) is 0 Å². The molecule has 3 nitrogen and oxygen atoms in total. The largest absolute Gasteiger partial charge is 0.405 e. The molecule has 0 aliphatic carbocycles. The molecule has 1 N–H and O–H groups in total. The third kappa shape index (κ3) is 3.51. The van der Waals surface area contributed by atoms with Crippen molar-refractivity contribution in [3.8, 4) is 0 Å². The highest BCUT2D eigenvalue weighted by molar-refractivity contribution is 5.83. The molecule has 1 aromatic heterocycles.